The molecule has 1 aromatic carbocycles. The Morgan fingerprint density at radius 3 is 2.76 bits per heavy atom. The predicted molar refractivity (Wildman–Crippen MR) is 65.8 cm³/mol. The molecule has 0 heterocycles. The van der Waals surface area contributed by atoms with Crippen LogP contribution in [-0.2, 0) is 16.1 Å². The van der Waals surface area contributed by atoms with E-state index in [1.165, 1.54) is 0 Å². The number of benzene rings is 1. The maximum Gasteiger partial charge on any atom is 0.317 e. The third-order valence-electron chi connectivity index (χ3n) is 2.28. The van der Waals surface area contributed by atoms with Crippen LogP contribution in [-0.4, -0.2) is 30.8 Å². The Bertz CT molecular complexity index is 327. The summed E-state index contributed by atoms with van der Waals surface area (Å²) in [5.74, 6) is -0.527. The van der Waals surface area contributed by atoms with Gasteiger partial charge in [-0.3, -0.25) is 4.79 Å². The molecule has 0 radical (unpaired) electrons. The van der Waals surface area contributed by atoms with Crippen LogP contribution in [0.2, 0.25) is 0 Å². The summed E-state index contributed by atoms with van der Waals surface area (Å²) in [7, 11) is 0. The lowest BCUT2D eigenvalue weighted by molar-refractivity contribution is -0.136. The summed E-state index contributed by atoms with van der Waals surface area (Å²) in [6.07, 6.45) is 0. The molecule has 0 spiro atoms. The van der Waals surface area contributed by atoms with Gasteiger partial charge in [0.2, 0.25) is 0 Å². The van der Waals surface area contributed by atoms with E-state index in [0.717, 1.165) is 5.56 Å². The van der Waals surface area contributed by atoms with Gasteiger partial charge in [0.05, 0.1) is 19.8 Å². The third-order valence-corrected chi connectivity index (χ3v) is 2.28. The van der Waals surface area contributed by atoms with Crippen LogP contribution < -0.4 is 5.32 Å². The smallest absolute Gasteiger partial charge is 0.317 e. The molecule has 2 N–H and O–H groups in total. The van der Waals surface area contributed by atoms with E-state index in [1.807, 2.05) is 37.3 Å². The molecule has 0 fully saturated rings. The fourth-order valence-corrected chi connectivity index (χ4v) is 1.44. The minimum Gasteiger partial charge on any atom is -0.480 e. The molecule has 4 nitrogen and oxygen atoms in total. The summed E-state index contributed by atoms with van der Waals surface area (Å²) in [6.45, 7) is 3.91. The van der Waals surface area contributed by atoms with Crippen LogP contribution >= 0.6 is 0 Å². The first kappa shape index (κ1) is 13.7. The van der Waals surface area contributed by atoms with Crippen LogP contribution in [0, 0.1) is 5.92 Å². The zero-order valence-electron chi connectivity index (χ0n) is 10.1. The fourth-order valence-electron chi connectivity index (χ4n) is 1.44. The van der Waals surface area contributed by atoms with Gasteiger partial charge in [0.25, 0.3) is 0 Å². The maximum absolute atomic E-state index is 10.3. The Labute approximate surface area is 102 Å². The molecule has 1 atom stereocenters. The number of carbonyl (C=O) groups is 1. The van der Waals surface area contributed by atoms with Crippen molar-refractivity contribution >= 4 is 5.97 Å². The maximum atomic E-state index is 10.3. The van der Waals surface area contributed by atoms with Crippen molar-refractivity contribution in [1.29, 1.82) is 0 Å². The van der Waals surface area contributed by atoms with Crippen molar-refractivity contribution in [1.82, 2.24) is 5.32 Å². The number of nitrogens with one attached hydrogen (secondary N) is 1. The zero-order chi connectivity index (χ0) is 12.5. The molecule has 1 aromatic rings. The van der Waals surface area contributed by atoms with Crippen molar-refractivity contribution in [3.63, 3.8) is 0 Å². The van der Waals surface area contributed by atoms with E-state index in [-0.39, 0.29) is 6.54 Å². The van der Waals surface area contributed by atoms with Crippen molar-refractivity contribution in [2.45, 2.75) is 13.5 Å². The van der Waals surface area contributed by atoms with Crippen molar-refractivity contribution in [3.05, 3.63) is 35.9 Å². The molecule has 0 aliphatic carbocycles. The third kappa shape index (κ3) is 6.71. The van der Waals surface area contributed by atoms with Gasteiger partial charge in [0.15, 0.2) is 0 Å². The van der Waals surface area contributed by atoms with Gasteiger partial charge in [-0.05, 0) is 11.5 Å². The first-order valence-corrected chi connectivity index (χ1v) is 5.72. The van der Waals surface area contributed by atoms with Crippen molar-refractivity contribution in [2.75, 3.05) is 19.7 Å². The molecule has 4 heteroatoms. The minimum atomic E-state index is -0.831. The Kier molecular flexibility index (Phi) is 6.29. The molecule has 17 heavy (non-hydrogen) atoms. The number of rotatable bonds is 8. The van der Waals surface area contributed by atoms with Crippen LogP contribution in [0.15, 0.2) is 30.3 Å². The summed E-state index contributed by atoms with van der Waals surface area (Å²) in [5.41, 5.74) is 1.15. The Morgan fingerprint density at radius 2 is 2.12 bits per heavy atom. The standard InChI is InChI=1S/C13H19NO3/c1-11(7-14-8-13(15)16)9-17-10-12-5-3-2-4-6-12/h2-6,11,14H,7-10H2,1H3,(H,15,16). The van der Waals surface area contributed by atoms with Crippen molar-refractivity contribution in [3.8, 4) is 0 Å². The highest BCUT2D eigenvalue weighted by Crippen LogP contribution is 2.02. The average Bonchev–Trinajstić information content (AvgIpc) is 2.30. The van der Waals surface area contributed by atoms with Crippen LogP contribution in [0.4, 0.5) is 0 Å². The highest BCUT2D eigenvalue weighted by atomic mass is 16.5. The topological polar surface area (TPSA) is 58.6 Å². The van der Waals surface area contributed by atoms with Crippen molar-refractivity contribution < 1.29 is 14.6 Å². The van der Waals surface area contributed by atoms with E-state index in [4.69, 9.17) is 9.84 Å². The molecule has 0 bridgehead atoms. The zero-order valence-corrected chi connectivity index (χ0v) is 10.1. The van der Waals surface area contributed by atoms with Gasteiger partial charge in [-0.25, -0.2) is 0 Å². The summed E-state index contributed by atoms with van der Waals surface area (Å²) < 4.78 is 5.55. The van der Waals surface area contributed by atoms with Gasteiger partial charge in [-0.1, -0.05) is 37.3 Å². The summed E-state index contributed by atoms with van der Waals surface area (Å²) in [6, 6.07) is 9.98. The van der Waals surface area contributed by atoms with E-state index in [0.29, 0.717) is 25.7 Å². The second kappa shape index (κ2) is 7.81. The number of hydrogen-bond acceptors (Lipinski definition) is 3. The summed E-state index contributed by atoms with van der Waals surface area (Å²) in [4.78, 5) is 10.3. The van der Waals surface area contributed by atoms with Crippen LogP contribution in [0.3, 0.4) is 0 Å². The predicted octanol–water partition coefficient (Wildman–Crippen LogP) is 1.51. The Hall–Kier alpha value is -1.39. The lowest BCUT2D eigenvalue weighted by Gasteiger charge is -2.12. The summed E-state index contributed by atoms with van der Waals surface area (Å²) >= 11 is 0. The first-order chi connectivity index (χ1) is 8.18. The monoisotopic (exact) mass is 237 g/mol. The van der Waals surface area contributed by atoms with Crippen LogP contribution in [0.1, 0.15) is 12.5 Å². The van der Waals surface area contributed by atoms with E-state index in [2.05, 4.69) is 5.32 Å². The van der Waals surface area contributed by atoms with Gasteiger partial charge < -0.3 is 15.2 Å². The Balaban J connectivity index is 2.08. The van der Waals surface area contributed by atoms with E-state index in [9.17, 15) is 4.79 Å². The molecule has 0 saturated heterocycles. The molecule has 0 aliphatic heterocycles. The number of hydrogen-bond donors (Lipinski definition) is 2. The lowest BCUT2D eigenvalue weighted by atomic mass is 10.2. The number of ether oxygens (including phenoxy) is 1. The second-order valence-electron chi connectivity index (χ2n) is 4.13. The minimum absolute atomic E-state index is 0.00300. The highest BCUT2D eigenvalue weighted by Gasteiger charge is 2.03. The summed E-state index contributed by atoms with van der Waals surface area (Å²) in [5, 5.41) is 11.3. The van der Waals surface area contributed by atoms with Gasteiger partial charge in [0, 0.05) is 6.54 Å². The van der Waals surface area contributed by atoms with Crippen LogP contribution in [0.5, 0.6) is 0 Å². The molecular weight excluding hydrogens is 218 g/mol. The van der Waals surface area contributed by atoms with E-state index < -0.39 is 5.97 Å². The Morgan fingerprint density at radius 1 is 1.41 bits per heavy atom. The SMILES string of the molecule is CC(CNCC(=O)O)COCc1ccccc1. The first-order valence-electron chi connectivity index (χ1n) is 5.72. The highest BCUT2D eigenvalue weighted by molar-refractivity contribution is 5.68. The number of carboxylic acid groups (broad SMARTS) is 1. The average molecular weight is 237 g/mol. The molecule has 0 aromatic heterocycles. The van der Waals surface area contributed by atoms with Crippen LogP contribution in [0.25, 0.3) is 0 Å². The second-order valence-corrected chi connectivity index (χ2v) is 4.13. The molecule has 1 rings (SSSR count). The largest absolute Gasteiger partial charge is 0.480 e. The molecule has 0 amide bonds. The van der Waals surface area contributed by atoms with E-state index in [1.54, 1.807) is 0 Å². The van der Waals surface area contributed by atoms with E-state index >= 15 is 0 Å². The molecular formula is C13H19NO3. The fraction of sp³-hybridized carbons (Fsp3) is 0.462. The van der Waals surface area contributed by atoms with Crippen molar-refractivity contribution in [2.24, 2.45) is 5.92 Å². The normalized spacial score (nSPS) is 12.3. The lowest BCUT2D eigenvalue weighted by Crippen LogP contribution is -2.28. The number of aliphatic carboxylic acids is 1. The van der Waals surface area contributed by atoms with Gasteiger partial charge in [0.1, 0.15) is 0 Å². The number of carboxylic acids is 1. The van der Waals surface area contributed by atoms with Gasteiger partial charge >= 0.3 is 5.97 Å². The van der Waals surface area contributed by atoms with Gasteiger partial charge in [-0.15, -0.1) is 0 Å². The molecule has 94 valence electrons. The molecule has 0 aliphatic rings. The quantitative estimate of drug-likeness (QED) is 0.719. The molecule has 1 unspecified atom stereocenters. The molecule has 0 saturated carbocycles. The van der Waals surface area contributed by atoms with Gasteiger partial charge in [-0.2, -0.15) is 0 Å².